The molecule has 0 aliphatic heterocycles. The van der Waals surface area contributed by atoms with Crippen molar-refractivity contribution < 1.29 is 31.9 Å². The van der Waals surface area contributed by atoms with E-state index >= 15 is 0 Å². The molecule has 0 saturated heterocycles. The van der Waals surface area contributed by atoms with Gasteiger partial charge in [0, 0.05) is 12.1 Å². The van der Waals surface area contributed by atoms with E-state index in [1.807, 2.05) is 0 Å². The van der Waals surface area contributed by atoms with Gasteiger partial charge in [-0.05, 0) is 36.6 Å². The van der Waals surface area contributed by atoms with Gasteiger partial charge in [-0.25, -0.2) is 8.78 Å². The Bertz CT molecular complexity index is 649. The summed E-state index contributed by atoms with van der Waals surface area (Å²) in [5.41, 5.74) is -0.130. The lowest BCUT2D eigenvalue weighted by atomic mass is 9.80. The van der Waals surface area contributed by atoms with Crippen molar-refractivity contribution in [3.63, 3.8) is 0 Å². The highest BCUT2D eigenvalue weighted by molar-refractivity contribution is 5.87. The summed E-state index contributed by atoms with van der Waals surface area (Å²) in [5, 5.41) is 2.13. The molecule has 0 bridgehead atoms. The van der Waals surface area contributed by atoms with Crippen LogP contribution in [0.5, 0.6) is 0 Å². The number of ether oxygens (including phenoxy) is 1. The zero-order chi connectivity index (χ0) is 17.9. The maximum atomic E-state index is 13.8. The second-order valence-electron chi connectivity index (χ2n) is 5.52. The largest absolute Gasteiger partial charge is 0.469 e. The van der Waals surface area contributed by atoms with E-state index in [2.05, 4.69) is 10.1 Å². The smallest absolute Gasteiger partial charge is 0.343 e. The lowest BCUT2D eigenvalue weighted by molar-refractivity contribution is -0.151. The van der Waals surface area contributed by atoms with Gasteiger partial charge in [-0.2, -0.15) is 8.78 Å². The summed E-state index contributed by atoms with van der Waals surface area (Å²) in [5.74, 6) is -8.06. The van der Waals surface area contributed by atoms with Crippen molar-refractivity contribution in [3.8, 4) is 0 Å². The Labute approximate surface area is 135 Å². The molecular formula is C16H15F4NO3. The van der Waals surface area contributed by atoms with Crippen molar-refractivity contribution in [3.05, 3.63) is 41.5 Å². The minimum Gasteiger partial charge on any atom is -0.469 e. The number of methoxy groups -OCH3 is 1. The predicted molar refractivity (Wildman–Crippen MR) is 77.0 cm³/mol. The van der Waals surface area contributed by atoms with Crippen LogP contribution in [0.3, 0.4) is 0 Å². The van der Waals surface area contributed by atoms with Crippen LogP contribution in [0.25, 0.3) is 6.08 Å². The molecule has 0 spiro atoms. The van der Waals surface area contributed by atoms with Crippen LogP contribution < -0.4 is 5.32 Å². The topological polar surface area (TPSA) is 55.4 Å². The van der Waals surface area contributed by atoms with Crippen molar-refractivity contribution in [2.45, 2.75) is 24.8 Å². The second-order valence-corrected chi connectivity index (χ2v) is 5.52. The Morgan fingerprint density at radius 1 is 1.21 bits per heavy atom. The molecular weight excluding hydrogens is 330 g/mol. The maximum Gasteiger partial charge on any atom is 0.343 e. The molecule has 0 unspecified atom stereocenters. The first-order valence-corrected chi connectivity index (χ1v) is 7.13. The first-order valence-electron chi connectivity index (χ1n) is 7.13. The molecule has 0 aromatic heterocycles. The van der Waals surface area contributed by atoms with Crippen LogP contribution in [0.15, 0.2) is 24.3 Å². The number of rotatable bonds is 5. The summed E-state index contributed by atoms with van der Waals surface area (Å²) >= 11 is 0. The fourth-order valence-corrected chi connectivity index (χ4v) is 2.32. The fourth-order valence-electron chi connectivity index (χ4n) is 2.32. The number of carbonyl (C=O) groups excluding carboxylic acids is 2. The van der Waals surface area contributed by atoms with Gasteiger partial charge >= 0.3 is 11.9 Å². The summed E-state index contributed by atoms with van der Waals surface area (Å²) < 4.78 is 58.0. The Morgan fingerprint density at radius 3 is 2.33 bits per heavy atom. The van der Waals surface area contributed by atoms with Gasteiger partial charge in [-0.1, -0.05) is 6.08 Å². The summed E-state index contributed by atoms with van der Waals surface area (Å²) in [4.78, 5) is 22.8. The molecule has 2 rings (SSSR count). The number of hydrogen-bond donors (Lipinski definition) is 1. The molecule has 8 heteroatoms. The van der Waals surface area contributed by atoms with E-state index in [1.54, 1.807) is 0 Å². The molecule has 130 valence electrons. The van der Waals surface area contributed by atoms with E-state index in [4.69, 9.17) is 0 Å². The van der Waals surface area contributed by atoms with E-state index in [0.29, 0.717) is 6.07 Å². The van der Waals surface area contributed by atoms with E-state index in [0.717, 1.165) is 18.2 Å². The lowest BCUT2D eigenvalue weighted by Crippen LogP contribution is -2.51. The second kappa shape index (κ2) is 7.02. The predicted octanol–water partition coefficient (Wildman–Crippen LogP) is 2.68. The van der Waals surface area contributed by atoms with Gasteiger partial charge in [0.15, 0.2) is 0 Å². The zero-order valence-corrected chi connectivity index (χ0v) is 12.7. The number of alkyl halides is 2. The van der Waals surface area contributed by atoms with Crippen molar-refractivity contribution in [2.24, 2.45) is 5.92 Å². The number of hydrogen-bond acceptors (Lipinski definition) is 3. The SMILES string of the molecule is COC(=O)[C@H]1C[C@@H](NC(=O)C(F)(F)/C=C/c2cc(F)cc(F)c2)C1. The number of amides is 1. The number of halogens is 4. The Kier molecular flexibility index (Phi) is 5.26. The molecule has 0 atom stereocenters. The molecule has 1 saturated carbocycles. The molecule has 1 aliphatic carbocycles. The van der Waals surface area contributed by atoms with E-state index in [-0.39, 0.29) is 24.5 Å². The van der Waals surface area contributed by atoms with E-state index in [1.165, 1.54) is 7.11 Å². The molecule has 0 radical (unpaired) electrons. The molecule has 1 fully saturated rings. The van der Waals surface area contributed by atoms with Crippen LogP contribution in [0.2, 0.25) is 0 Å². The average molecular weight is 345 g/mol. The first kappa shape index (κ1) is 18.0. The Balaban J connectivity index is 1.93. The number of carbonyl (C=O) groups is 2. The van der Waals surface area contributed by atoms with Gasteiger partial charge in [-0.3, -0.25) is 9.59 Å². The van der Waals surface area contributed by atoms with Gasteiger partial charge < -0.3 is 10.1 Å². The van der Waals surface area contributed by atoms with Crippen molar-refractivity contribution in [1.82, 2.24) is 5.32 Å². The highest BCUT2D eigenvalue weighted by Crippen LogP contribution is 2.29. The van der Waals surface area contributed by atoms with Crippen LogP contribution in [-0.2, 0) is 14.3 Å². The van der Waals surface area contributed by atoms with Crippen molar-refractivity contribution in [1.29, 1.82) is 0 Å². The van der Waals surface area contributed by atoms with Crippen molar-refractivity contribution >= 4 is 18.0 Å². The quantitative estimate of drug-likeness (QED) is 0.659. The monoisotopic (exact) mass is 345 g/mol. The van der Waals surface area contributed by atoms with E-state index < -0.39 is 41.4 Å². The summed E-state index contributed by atoms with van der Waals surface area (Å²) in [6.07, 6.45) is 1.50. The average Bonchev–Trinajstić information content (AvgIpc) is 2.46. The Hall–Kier alpha value is -2.38. The lowest BCUT2D eigenvalue weighted by Gasteiger charge is -2.34. The van der Waals surface area contributed by atoms with Gasteiger partial charge in [-0.15, -0.1) is 0 Å². The number of benzene rings is 1. The maximum absolute atomic E-state index is 13.8. The fraction of sp³-hybridized carbons (Fsp3) is 0.375. The third-order valence-electron chi connectivity index (χ3n) is 3.68. The van der Waals surface area contributed by atoms with Crippen LogP contribution in [0.4, 0.5) is 17.6 Å². The third kappa shape index (κ3) is 4.33. The highest BCUT2D eigenvalue weighted by atomic mass is 19.3. The molecule has 0 heterocycles. The number of nitrogens with one attached hydrogen (secondary N) is 1. The third-order valence-corrected chi connectivity index (χ3v) is 3.68. The molecule has 1 N–H and O–H groups in total. The van der Waals surface area contributed by atoms with Gasteiger partial charge in [0.2, 0.25) is 0 Å². The Morgan fingerprint density at radius 2 is 1.79 bits per heavy atom. The van der Waals surface area contributed by atoms with Gasteiger partial charge in [0.05, 0.1) is 13.0 Å². The molecule has 1 aromatic carbocycles. The van der Waals surface area contributed by atoms with Crippen LogP contribution in [0, 0.1) is 17.6 Å². The molecule has 24 heavy (non-hydrogen) atoms. The molecule has 1 aromatic rings. The minimum atomic E-state index is -3.85. The van der Waals surface area contributed by atoms with Crippen LogP contribution in [0.1, 0.15) is 18.4 Å². The minimum absolute atomic E-state index is 0.130. The molecule has 1 aliphatic rings. The summed E-state index contributed by atoms with van der Waals surface area (Å²) in [6, 6.07) is 1.80. The summed E-state index contributed by atoms with van der Waals surface area (Å²) in [6.45, 7) is 0. The van der Waals surface area contributed by atoms with Gasteiger partial charge in [0.25, 0.3) is 5.91 Å². The van der Waals surface area contributed by atoms with Crippen LogP contribution in [-0.4, -0.2) is 31.0 Å². The molecule has 1 amide bonds. The normalized spacial score (nSPS) is 20.5. The standard InChI is InChI=1S/C16H15F4NO3/c1-24-14(22)10-6-13(7-10)21-15(23)16(19,20)3-2-9-4-11(17)8-12(18)5-9/h2-5,8,10,13H,6-7H2,1H3,(H,21,23)/b3-2+/t10-,13+. The first-order chi connectivity index (χ1) is 11.2. The van der Waals surface area contributed by atoms with Crippen molar-refractivity contribution in [2.75, 3.05) is 7.11 Å². The van der Waals surface area contributed by atoms with E-state index in [9.17, 15) is 27.2 Å². The molecule has 4 nitrogen and oxygen atoms in total. The van der Waals surface area contributed by atoms with Crippen LogP contribution >= 0.6 is 0 Å². The van der Waals surface area contributed by atoms with Gasteiger partial charge in [0.1, 0.15) is 11.6 Å². The summed E-state index contributed by atoms with van der Waals surface area (Å²) in [7, 11) is 1.22. The highest BCUT2D eigenvalue weighted by Gasteiger charge is 2.41. The number of esters is 1. The zero-order valence-electron chi connectivity index (χ0n) is 12.7.